The Kier molecular flexibility index (Phi) is 7.00. The van der Waals surface area contributed by atoms with Crippen LogP contribution in [0.4, 0.5) is 4.39 Å². The van der Waals surface area contributed by atoms with Crippen LogP contribution in [0, 0.1) is 11.7 Å². The average Bonchev–Trinajstić information content (AvgIpc) is 3.54. The summed E-state index contributed by atoms with van der Waals surface area (Å²) in [6.07, 6.45) is 7.72. The molecule has 1 aliphatic rings. The van der Waals surface area contributed by atoms with E-state index in [1.807, 2.05) is 43.1 Å². The third-order valence-corrected chi connectivity index (χ3v) is 7.23. The molecule has 0 spiro atoms. The molecule has 0 bridgehead atoms. The third-order valence-electron chi connectivity index (χ3n) is 6.39. The summed E-state index contributed by atoms with van der Waals surface area (Å²) in [5, 5.41) is 7.06. The van der Waals surface area contributed by atoms with Crippen molar-refractivity contribution in [2.75, 3.05) is 13.7 Å². The second kappa shape index (κ2) is 9.80. The average molecular weight is 483 g/mol. The fraction of sp³-hybridized carbons (Fsp3) is 0.423. The number of benzene rings is 1. The number of carbonyl (C=O) groups excluding carboxylic acids is 1. The smallest absolute Gasteiger partial charge is 0.257 e. The quantitative estimate of drug-likeness (QED) is 0.456. The van der Waals surface area contributed by atoms with Crippen molar-refractivity contribution in [2.45, 2.75) is 51.2 Å². The van der Waals surface area contributed by atoms with Gasteiger partial charge in [0.25, 0.3) is 5.91 Å². The van der Waals surface area contributed by atoms with Gasteiger partial charge < -0.3 is 9.64 Å². The molecule has 0 saturated carbocycles. The molecule has 1 amide bonds. The second-order valence-corrected chi connectivity index (χ2v) is 10.7. The maximum atomic E-state index is 15.5. The van der Waals surface area contributed by atoms with Gasteiger partial charge in [-0.15, -0.1) is 11.3 Å². The number of nitrogens with zero attached hydrogens (tertiary/aromatic N) is 4. The molecule has 1 aliphatic heterocycles. The maximum Gasteiger partial charge on any atom is 0.257 e. The van der Waals surface area contributed by atoms with Crippen LogP contribution in [0.15, 0.2) is 48.7 Å². The van der Waals surface area contributed by atoms with Crippen LogP contribution in [0.3, 0.4) is 0 Å². The molecule has 1 fully saturated rings. The molecule has 34 heavy (non-hydrogen) atoms. The molecule has 3 aromatic rings. The zero-order valence-electron chi connectivity index (χ0n) is 20.1. The predicted molar refractivity (Wildman–Crippen MR) is 132 cm³/mol. The number of thiazole rings is 1. The molecule has 1 saturated heterocycles. The number of aromatic nitrogens is 3. The molecule has 3 atom stereocenters. The Bertz CT molecular complexity index is 1140. The molecular formula is C26H31FN4O2S. The van der Waals surface area contributed by atoms with Crippen LogP contribution in [0.5, 0.6) is 0 Å². The Morgan fingerprint density at radius 3 is 2.74 bits per heavy atom. The van der Waals surface area contributed by atoms with Gasteiger partial charge in [-0.1, -0.05) is 33.4 Å². The molecule has 1 unspecified atom stereocenters. The van der Waals surface area contributed by atoms with E-state index in [0.717, 1.165) is 16.1 Å². The molecule has 180 valence electrons. The van der Waals surface area contributed by atoms with E-state index in [4.69, 9.17) is 4.74 Å². The summed E-state index contributed by atoms with van der Waals surface area (Å²) in [5.74, 6) is -0.833. The summed E-state index contributed by atoms with van der Waals surface area (Å²) in [6, 6.07) is 4.48. The first-order valence-electron chi connectivity index (χ1n) is 11.4. The summed E-state index contributed by atoms with van der Waals surface area (Å²) in [5.41, 5.74) is 1.35. The molecule has 3 heterocycles. The minimum Gasteiger partial charge on any atom is -0.384 e. The first-order chi connectivity index (χ1) is 16.2. The highest BCUT2D eigenvalue weighted by molar-refractivity contribution is 7.09. The van der Waals surface area contributed by atoms with Crippen molar-refractivity contribution in [1.82, 2.24) is 19.7 Å². The fourth-order valence-corrected chi connectivity index (χ4v) is 5.74. The fourth-order valence-electron chi connectivity index (χ4n) is 4.91. The number of methoxy groups -OCH3 is 1. The lowest BCUT2D eigenvalue weighted by atomic mass is 9.82. The van der Waals surface area contributed by atoms with E-state index >= 15 is 4.39 Å². The van der Waals surface area contributed by atoms with Crippen molar-refractivity contribution in [3.63, 3.8) is 0 Å². The number of halogens is 1. The Morgan fingerprint density at radius 2 is 2.15 bits per heavy atom. The zero-order valence-corrected chi connectivity index (χ0v) is 20.9. The van der Waals surface area contributed by atoms with Crippen LogP contribution in [-0.4, -0.2) is 45.3 Å². The second-order valence-electron chi connectivity index (χ2n) is 9.73. The number of rotatable bonds is 7. The minimum absolute atomic E-state index is 0.0384. The van der Waals surface area contributed by atoms with E-state index in [1.54, 1.807) is 36.5 Å². The van der Waals surface area contributed by atoms with E-state index in [0.29, 0.717) is 19.6 Å². The Balaban J connectivity index is 1.80. The Morgan fingerprint density at radius 1 is 1.35 bits per heavy atom. The first kappa shape index (κ1) is 24.3. The molecule has 0 N–H and O–H groups in total. The van der Waals surface area contributed by atoms with Gasteiger partial charge in [-0.05, 0) is 41.2 Å². The molecule has 8 heteroatoms. The van der Waals surface area contributed by atoms with Gasteiger partial charge in [0, 0.05) is 37.0 Å². The molecule has 6 nitrogen and oxygen atoms in total. The topological polar surface area (TPSA) is 60.2 Å². The monoisotopic (exact) mass is 482 g/mol. The highest BCUT2D eigenvalue weighted by Gasteiger charge is 2.46. The molecule has 1 aromatic carbocycles. The van der Waals surface area contributed by atoms with Crippen LogP contribution in [0.25, 0.3) is 6.08 Å². The summed E-state index contributed by atoms with van der Waals surface area (Å²) >= 11 is 1.50. The number of amides is 1. The van der Waals surface area contributed by atoms with Crippen molar-refractivity contribution in [3.8, 4) is 0 Å². The Hall–Kier alpha value is -2.84. The van der Waals surface area contributed by atoms with E-state index in [9.17, 15) is 4.79 Å². The van der Waals surface area contributed by atoms with Crippen molar-refractivity contribution < 1.29 is 13.9 Å². The van der Waals surface area contributed by atoms with Gasteiger partial charge in [0.1, 0.15) is 10.8 Å². The third kappa shape index (κ3) is 4.70. The van der Waals surface area contributed by atoms with Gasteiger partial charge in [-0.3, -0.25) is 9.48 Å². The van der Waals surface area contributed by atoms with E-state index in [1.165, 1.54) is 17.4 Å². The summed E-state index contributed by atoms with van der Waals surface area (Å²) in [7, 11) is 1.66. The minimum atomic E-state index is -0.522. The Labute approximate surface area is 204 Å². The standard InChI is InChI=1S/C26H31FN4O2S/c1-6-17-13-20(22(27)14-21(17)26(2,3)4)25(32)31-19(15-30-10-7-8-29-30)12-18(16-33-5)23(31)24-28-9-11-34-24/h6-11,13-14,18-19,23H,1,12,15-16H2,2-5H3/t18-,19?,23-/m1/s1. The summed E-state index contributed by atoms with van der Waals surface area (Å²) in [6.45, 7) is 11.0. The zero-order chi connectivity index (χ0) is 24.5. The van der Waals surface area contributed by atoms with Crippen LogP contribution in [0.1, 0.15) is 59.7 Å². The summed E-state index contributed by atoms with van der Waals surface area (Å²) in [4.78, 5) is 20.4. The van der Waals surface area contributed by atoms with Crippen molar-refractivity contribution in [1.29, 1.82) is 0 Å². The number of ether oxygens (including phenoxy) is 1. The highest BCUT2D eigenvalue weighted by Crippen LogP contribution is 2.44. The summed E-state index contributed by atoms with van der Waals surface area (Å²) < 4.78 is 22.8. The van der Waals surface area contributed by atoms with Crippen LogP contribution in [-0.2, 0) is 16.7 Å². The van der Waals surface area contributed by atoms with Crippen LogP contribution in [0.2, 0.25) is 0 Å². The molecule has 2 aromatic heterocycles. The number of hydrogen-bond acceptors (Lipinski definition) is 5. The maximum absolute atomic E-state index is 15.5. The number of carbonyl (C=O) groups is 1. The number of hydrogen-bond donors (Lipinski definition) is 0. The number of likely N-dealkylation sites (tertiary alicyclic amines) is 1. The van der Waals surface area contributed by atoms with Crippen molar-refractivity contribution in [3.05, 3.63) is 76.3 Å². The lowest BCUT2D eigenvalue weighted by molar-refractivity contribution is 0.0595. The van der Waals surface area contributed by atoms with Crippen LogP contribution >= 0.6 is 11.3 Å². The largest absolute Gasteiger partial charge is 0.384 e. The van der Waals surface area contributed by atoms with E-state index in [-0.39, 0.29) is 34.9 Å². The van der Waals surface area contributed by atoms with Crippen molar-refractivity contribution in [2.24, 2.45) is 5.92 Å². The lowest BCUT2D eigenvalue weighted by Crippen LogP contribution is -2.40. The molecule has 4 rings (SSSR count). The van der Waals surface area contributed by atoms with Crippen molar-refractivity contribution >= 4 is 23.3 Å². The van der Waals surface area contributed by atoms with Gasteiger partial charge in [0.15, 0.2) is 0 Å². The van der Waals surface area contributed by atoms with Crippen LogP contribution < -0.4 is 0 Å². The van der Waals surface area contributed by atoms with E-state index in [2.05, 4.69) is 16.7 Å². The van der Waals surface area contributed by atoms with E-state index < -0.39 is 5.82 Å². The van der Waals surface area contributed by atoms with Gasteiger partial charge in [-0.25, -0.2) is 9.37 Å². The molecule has 0 radical (unpaired) electrons. The first-order valence-corrected chi connectivity index (χ1v) is 12.3. The van der Waals surface area contributed by atoms with Gasteiger partial charge in [0.2, 0.25) is 0 Å². The van der Waals surface area contributed by atoms with Gasteiger partial charge in [-0.2, -0.15) is 5.10 Å². The molecular weight excluding hydrogens is 451 g/mol. The van der Waals surface area contributed by atoms with Gasteiger partial charge in [0.05, 0.1) is 30.8 Å². The van der Waals surface area contributed by atoms with Gasteiger partial charge >= 0.3 is 0 Å². The normalized spacial score (nSPS) is 20.6. The predicted octanol–water partition coefficient (Wildman–Crippen LogP) is 5.34. The SMILES string of the molecule is C=Cc1cc(C(=O)N2C(Cn3cccn3)C[C@H](COC)[C@@H]2c2nccs2)c(F)cc1C(C)(C)C. The lowest BCUT2D eigenvalue weighted by Gasteiger charge is -2.31. The molecule has 0 aliphatic carbocycles. The highest BCUT2D eigenvalue weighted by atomic mass is 32.1.